The quantitative estimate of drug-likeness (QED) is 0.875. The topological polar surface area (TPSA) is 80.5 Å². The van der Waals surface area contributed by atoms with Crippen LogP contribution in [0.15, 0.2) is 34.9 Å². The smallest absolute Gasteiger partial charge is 0.317 e. The van der Waals surface area contributed by atoms with Gasteiger partial charge in [-0.1, -0.05) is 35.5 Å². The molecule has 144 valence electrons. The zero-order valence-corrected chi connectivity index (χ0v) is 15.6. The Morgan fingerprint density at radius 1 is 1.30 bits per heavy atom. The Morgan fingerprint density at radius 3 is 2.93 bits per heavy atom. The predicted molar refractivity (Wildman–Crippen MR) is 99.1 cm³/mol. The number of carbonyl (C=O) groups excluding carboxylic acids is 1. The third-order valence-electron chi connectivity index (χ3n) is 5.55. The van der Waals surface area contributed by atoms with Crippen molar-refractivity contribution in [1.82, 2.24) is 20.4 Å². The lowest BCUT2D eigenvalue weighted by Crippen LogP contribution is -2.40. The maximum atomic E-state index is 12.6. The van der Waals surface area contributed by atoms with E-state index in [1.54, 1.807) is 0 Å². The highest BCUT2D eigenvalue weighted by atomic mass is 16.5. The summed E-state index contributed by atoms with van der Waals surface area (Å²) in [7, 11) is 0. The van der Waals surface area contributed by atoms with Crippen LogP contribution in [-0.4, -0.2) is 47.4 Å². The molecule has 3 unspecified atom stereocenters. The average Bonchev–Trinajstić information content (AvgIpc) is 3.43. The molecule has 1 N–H and O–H groups in total. The fourth-order valence-electron chi connectivity index (χ4n) is 3.91. The molecule has 4 rings (SSSR count). The summed E-state index contributed by atoms with van der Waals surface area (Å²) in [5.74, 6) is 2.21. The van der Waals surface area contributed by atoms with Crippen LogP contribution in [0.4, 0.5) is 4.79 Å². The van der Waals surface area contributed by atoms with Crippen molar-refractivity contribution in [3.8, 4) is 0 Å². The molecule has 1 aromatic heterocycles. The monoisotopic (exact) mass is 370 g/mol. The van der Waals surface area contributed by atoms with Crippen molar-refractivity contribution in [2.24, 2.45) is 11.8 Å². The molecule has 1 aromatic carbocycles. The molecule has 3 heterocycles. The van der Waals surface area contributed by atoms with Gasteiger partial charge in [-0.15, -0.1) is 0 Å². The Labute approximate surface area is 159 Å². The van der Waals surface area contributed by atoms with Crippen LogP contribution in [0, 0.1) is 11.8 Å². The summed E-state index contributed by atoms with van der Waals surface area (Å²) in [4.78, 5) is 18.9. The normalized spacial score (nSPS) is 23.5. The molecule has 2 aliphatic heterocycles. The molecule has 2 saturated heterocycles. The Hall–Kier alpha value is -2.41. The van der Waals surface area contributed by atoms with Crippen molar-refractivity contribution in [1.29, 1.82) is 0 Å². The number of rotatable bonds is 5. The van der Waals surface area contributed by atoms with Gasteiger partial charge in [0.2, 0.25) is 5.89 Å². The van der Waals surface area contributed by atoms with Crippen molar-refractivity contribution in [2.75, 3.05) is 26.3 Å². The van der Waals surface area contributed by atoms with E-state index in [2.05, 4.69) is 15.5 Å². The SMILES string of the molecule is CC(NC(=O)N1CCC(C2CCOC2)C1)c1noc(Cc2ccccc2)n1. The van der Waals surface area contributed by atoms with E-state index in [0.717, 1.165) is 44.7 Å². The van der Waals surface area contributed by atoms with Gasteiger partial charge in [0, 0.05) is 26.3 Å². The summed E-state index contributed by atoms with van der Waals surface area (Å²) >= 11 is 0. The maximum Gasteiger partial charge on any atom is 0.317 e. The first-order chi connectivity index (χ1) is 13.2. The van der Waals surface area contributed by atoms with E-state index in [9.17, 15) is 4.79 Å². The Morgan fingerprint density at radius 2 is 2.15 bits per heavy atom. The number of ether oxygens (including phenoxy) is 1. The average molecular weight is 370 g/mol. The summed E-state index contributed by atoms with van der Waals surface area (Å²) in [5, 5.41) is 7.03. The fraction of sp³-hybridized carbons (Fsp3) is 0.550. The number of benzene rings is 1. The van der Waals surface area contributed by atoms with Crippen LogP contribution in [0.5, 0.6) is 0 Å². The molecular weight excluding hydrogens is 344 g/mol. The zero-order valence-electron chi connectivity index (χ0n) is 15.6. The van der Waals surface area contributed by atoms with E-state index < -0.39 is 0 Å². The second kappa shape index (κ2) is 8.08. The lowest BCUT2D eigenvalue weighted by molar-refractivity contribution is 0.170. The van der Waals surface area contributed by atoms with Crippen molar-refractivity contribution in [2.45, 2.75) is 32.2 Å². The van der Waals surface area contributed by atoms with Crippen LogP contribution >= 0.6 is 0 Å². The van der Waals surface area contributed by atoms with Gasteiger partial charge in [0.15, 0.2) is 5.82 Å². The molecule has 7 nitrogen and oxygen atoms in total. The van der Waals surface area contributed by atoms with E-state index in [4.69, 9.17) is 9.26 Å². The predicted octanol–water partition coefficient (Wildman–Crippen LogP) is 2.79. The summed E-state index contributed by atoms with van der Waals surface area (Å²) in [6, 6.07) is 9.64. The number of amides is 2. The first-order valence-electron chi connectivity index (χ1n) is 9.68. The molecule has 2 amide bonds. The van der Waals surface area contributed by atoms with Crippen LogP contribution in [0.3, 0.4) is 0 Å². The fourth-order valence-corrected chi connectivity index (χ4v) is 3.91. The molecule has 0 spiro atoms. The van der Waals surface area contributed by atoms with Crippen molar-refractivity contribution in [3.63, 3.8) is 0 Å². The highest BCUT2D eigenvalue weighted by Gasteiger charge is 2.34. The Bertz CT molecular complexity index is 758. The second-order valence-electron chi connectivity index (χ2n) is 7.50. The van der Waals surface area contributed by atoms with Gasteiger partial charge >= 0.3 is 6.03 Å². The highest BCUT2D eigenvalue weighted by Crippen LogP contribution is 2.30. The molecule has 2 fully saturated rings. The Kier molecular flexibility index (Phi) is 5.38. The molecular formula is C20H26N4O3. The molecule has 0 radical (unpaired) electrons. The summed E-state index contributed by atoms with van der Waals surface area (Å²) in [5.41, 5.74) is 1.11. The molecule has 0 bridgehead atoms. The van der Waals surface area contributed by atoms with E-state index in [-0.39, 0.29) is 12.1 Å². The van der Waals surface area contributed by atoms with Gasteiger partial charge in [-0.2, -0.15) is 4.98 Å². The van der Waals surface area contributed by atoms with Crippen molar-refractivity contribution in [3.05, 3.63) is 47.6 Å². The molecule has 2 aliphatic rings. The van der Waals surface area contributed by atoms with E-state index in [1.807, 2.05) is 42.2 Å². The number of hydrogen-bond donors (Lipinski definition) is 1. The van der Waals surface area contributed by atoms with Gasteiger partial charge in [-0.05, 0) is 37.2 Å². The molecule has 7 heteroatoms. The molecule has 2 aromatic rings. The maximum absolute atomic E-state index is 12.6. The zero-order chi connectivity index (χ0) is 18.6. The summed E-state index contributed by atoms with van der Waals surface area (Å²) in [6.07, 6.45) is 2.76. The van der Waals surface area contributed by atoms with Gasteiger partial charge < -0.3 is 19.5 Å². The van der Waals surface area contributed by atoms with Gasteiger partial charge in [-0.3, -0.25) is 0 Å². The third kappa shape index (κ3) is 4.30. The molecule has 3 atom stereocenters. The lowest BCUT2D eigenvalue weighted by Gasteiger charge is -2.21. The van der Waals surface area contributed by atoms with Crippen LogP contribution < -0.4 is 5.32 Å². The number of urea groups is 1. The second-order valence-corrected chi connectivity index (χ2v) is 7.50. The number of aromatic nitrogens is 2. The van der Waals surface area contributed by atoms with Gasteiger partial charge in [0.25, 0.3) is 0 Å². The van der Waals surface area contributed by atoms with Crippen LogP contribution in [0.25, 0.3) is 0 Å². The largest absolute Gasteiger partial charge is 0.381 e. The number of hydrogen-bond acceptors (Lipinski definition) is 5. The minimum absolute atomic E-state index is 0.0571. The Balaban J connectivity index is 1.30. The molecule has 0 aliphatic carbocycles. The number of likely N-dealkylation sites (tertiary alicyclic amines) is 1. The summed E-state index contributed by atoms with van der Waals surface area (Å²) in [6.45, 7) is 5.17. The molecule has 27 heavy (non-hydrogen) atoms. The standard InChI is InChI=1S/C20H26N4O3/c1-14(19-22-18(27-23-19)11-15-5-3-2-4-6-15)21-20(25)24-9-7-16(12-24)17-8-10-26-13-17/h2-6,14,16-17H,7-13H2,1H3,(H,21,25). The van der Waals surface area contributed by atoms with Crippen molar-refractivity contribution < 1.29 is 14.1 Å². The van der Waals surface area contributed by atoms with E-state index in [1.165, 1.54) is 0 Å². The third-order valence-corrected chi connectivity index (χ3v) is 5.55. The lowest BCUT2D eigenvalue weighted by atomic mass is 9.91. The van der Waals surface area contributed by atoms with Crippen LogP contribution in [-0.2, 0) is 11.2 Å². The number of carbonyl (C=O) groups is 1. The number of nitrogens with zero attached hydrogens (tertiary/aromatic N) is 3. The van der Waals surface area contributed by atoms with Crippen LogP contribution in [0.1, 0.15) is 43.1 Å². The highest BCUT2D eigenvalue weighted by molar-refractivity contribution is 5.74. The van der Waals surface area contributed by atoms with Gasteiger partial charge in [-0.25, -0.2) is 4.79 Å². The van der Waals surface area contributed by atoms with Crippen molar-refractivity contribution >= 4 is 6.03 Å². The minimum atomic E-state index is -0.292. The molecule has 0 saturated carbocycles. The van der Waals surface area contributed by atoms with Gasteiger partial charge in [0.05, 0.1) is 12.5 Å². The van der Waals surface area contributed by atoms with Crippen LogP contribution in [0.2, 0.25) is 0 Å². The number of nitrogens with one attached hydrogen (secondary N) is 1. The first kappa shape index (κ1) is 18.0. The first-order valence-corrected chi connectivity index (χ1v) is 9.68. The van der Waals surface area contributed by atoms with Gasteiger partial charge in [0.1, 0.15) is 0 Å². The minimum Gasteiger partial charge on any atom is -0.381 e. The van der Waals surface area contributed by atoms with E-state index in [0.29, 0.717) is 30.0 Å². The van der Waals surface area contributed by atoms with E-state index >= 15 is 0 Å². The summed E-state index contributed by atoms with van der Waals surface area (Å²) < 4.78 is 10.8.